The van der Waals surface area contributed by atoms with Gasteiger partial charge in [-0.25, -0.2) is 0 Å². The highest BCUT2D eigenvalue weighted by Gasteiger charge is 2.50. The minimum atomic E-state index is -0.0257. The van der Waals surface area contributed by atoms with Crippen LogP contribution in [0, 0.1) is 23.7 Å². The van der Waals surface area contributed by atoms with Gasteiger partial charge >= 0.3 is 11.9 Å². The van der Waals surface area contributed by atoms with Crippen molar-refractivity contribution in [1.82, 2.24) is 0 Å². The van der Waals surface area contributed by atoms with E-state index in [-0.39, 0.29) is 23.8 Å². The molecule has 6 aliphatic heterocycles. The number of fused-ring (bicyclic) bond motifs is 6. The van der Waals surface area contributed by atoms with Gasteiger partial charge in [0.05, 0.1) is 66.7 Å². The monoisotopic (exact) mass is 410 g/mol. The molecular formula is C22H38N2O5+2. The van der Waals surface area contributed by atoms with Crippen LogP contribution in [0.15, 0.2) is 0 Å². The molecule has 6 heterocycles. The highest BCUT2D eigenvalue weighted by atomic mass is 16.5. The van der Waals surface area contributed by atoms with Gasteiger partial charge in [0.2, 0.25) is 0 Å². The molecule has 2 unspecified atom stereocenters. The molecule has 7 heteroatoms. The molecule has 0 amide bonds. The van der Waals surface area contributed by atoms with E-state index in [9.17, 15) is 9.59 Å². The number of methoxy groups -OCH3 is 2. The van der Waals surface area contributed by atoms with E-state index >= 15 is 0 Å². The van der Waals surface area contributed by atoms with Gasteiger partial charge in [0.1, 0.15) is 24.9 Å². The van der Waals surface area contributed by atoms with Gasteiger partial charge < -0.3 is 23.2 Å². The summed E-state index contributed by atoms with van der Waals surface area (Å²) in [6.45, 7) is 10.0. The average molecular weight is 411 g/mol. The predicted octanol–water partition coefficient (Wildman–Crippen LogP) is 1.06. The van der Waals surface area contributed by atoms with Crippen LogP contribution >= 0.6 is 0 Å². The van der Waals surface area contributed by atoms with Crippen molar-refractivity contribution in [3.8, 4) is 0 Å². The van der Waals surface area contributed by atoms with Crippen molar-refractivity contribution in [2.24, 2.45) is 23.7 Å². The molecule has 0 N–H and O–H groups in total. The number of hydrogen-bond acceptors (Lipinski definition) is 5. The molecule has 164 valence electrons. The van der Waals surface area contributed by atoms with Gasteiger partial charge in [-0.3, -0.25) is 9.59 Å². The number of hydrogen-bond donors (Lipinski definition) is 0. The molecule has 7 nitrogen and oxygen atoms in total. The summed E-state index contributed by atoms with van der Waals surface area (Å²) < 4.78 is 18.2. The summed E-state index contributed by atoms with van der Waals surface area (Å²) in [5.74, 6) is 1.13. The number of carbonyl (C=O) groups is 2. The van der Waals surface area contributed by atoms with Gasteiger partial charge in [-0.15, -0.1) is 0 Å². The molecule has 0 aliphatic carbocycles. The molecule has 0 aromatic rings. The Hall–Kier alpha value is -1.18. The fourth-order valence-electron chi connectivity index (χ4n) is 6.66. The number of quaternary nitrogens is 2. The lowest BCUT2D eigenvalue weighted by atomic mass is 9.77. The molecule has 6 saturated heterocycles. The number of ether oxygens (including phenoxy) is 3. The van der Waals surface area contributed by atoms with E-state index in [0.29, 0.717) is 11.8 Å². The van der Waals surface area contributed by atoms with E-state index in [1.807, 2.05) is 0 Å². The maximum Gasteiger partial charge on any atom is 0.314 e. The van der Waals surface area contributed by atoms with Crippen molar-refractivity contribution in [1.29, 1.82) is 0 Å². The normalized spacial score (nSPS) is 40.6. The number of piperidine rings is 6. The quantitative estimate of drug-likeness (QED) is 0.340. The van der Waals surface area contributed by atoms with Crippen LogP contribution < -0.4 is 0 Å². The summed E-state index contributed by atoms with van der Waals surface area (Å²) in [6, 6.07) is 0. The maximum absolute atomic E-state index is 12.1. The summed E-state index contributed by atoms with van der Waals surface area (Å²) in [5.41, 5.74) is 0. The third kappa shape index (κ3) is 4.19. The Balaban J connectivity index is 1.23. The second-order valence-electron chi connectivity index (χ2n) is 9.94. The van der Waals surface area contributed by atoms with Crippen molar-refractivity contribution < 1.29 is 32.8 Å². The Bertz CT molecular complexity index is 556. The summed E-state index contributed by atoms with van der Waals surface area (Å²) in [6.07, 6.45) is 4.54. The van der Waals surface area contributed by atoms with E-state index in [1.165, 1.54) is 40.4 Å². The Morgan fingerprint density at radius 1 is 0.724 bits per heavy atom. The van der Waals surface area contributed by atoms with Crippen LogP contribution in [0.2, 0.25) is 0 Å². The Morgan fingerprint density at radius 2 is 1.10 bits per heavy atom. The van der Waals surface area contributed by atoms with Crippen LogP contribution in [-0.2, 0) is 23.8 Å². The van der Waals surface area contributed by atoms with E-state index in [0.717, 1.165) is 74.0 Å². The number of rotatable bonds is 8. The van der Waals surface area contributed by atoms with Crippen molar-refractivity contribution in [3.05, 3.63) is 0 Å². The molecule has 6 fully saturated rings. The van der Waals surface area contributed by atoms with E-state index in [1.54, 1.807) is 0 Å². The van der Waals surface area contributed by atoms with Gasteiger partial charge in [-0.2, -0.15) is 0 Å². The fraction of sp³-hybridized carbons (Fsp3) is 0.909. The van der Waals surface area contributed by atoms with Crippen molar-refractivity contribution >= 4 is 11.9 Å². The van der Waals surface area contributed by atoms with Gasteiger partial charge in [-0.05, 0) is 11.8 Å². The molecule has 0 spiro atoms. The lowest BCUT2D eigenvalue weighted by Gasteiger charge is -2.52. The Kier molecular flexibility index (Phi) is 6.19. The van der Waals surface area contributed by atoms with E-state index < -0.39 is 0 Å². The molecular weight excluding hydrogens is 372 g/mol. The first-order chi connectivity index (χ1) is 14.0. The molecule has 0 aromatic heterocycles. The van der Waals surface area contributed by atoms with E-state index in [4.69, 9.17) is 14.2 Å². The van der Waals surface area contributed by atoms with Crippen LogP contribution in [0.1, 0.15) is 25.7 Å². The van der Waals surface area contributed by atoms with Crippen molar-refractivity contribution in [2.45, 2.75) is 25.7 Å². The van der Waals surface area contributed by atoms with Crippen LogP contribution in [0.4, 0.5) is 0 Å². The van der Waals surface area contributed by atoms with Gasteiger partial charge in [0.25, 0.3) is 0 Å². The van der Waals surface area contributed by atoms with Crippen LogP contribution in [-0.4, -0.2) is 101 Å². The molecule has 0 saturated carbocycles. The van der Waals surface area contributed by atoms with Gasteiger partial charge in [0.15, 0.2) is 0 Å². The van der Waals surface area contributed by atoms with Crippen LogP contribution in [0.25, 0.3) is 0 Å². The SMILES string of the molecule is COC(=O)C1C[N+]2(CCOCC[N+]34CCC(CC3)C(C(=O)OC)C4)CCC1CC2. The third-order valence-corrected chi connectivity index (χ3v) is 8.63. The molecule has 0 aromatic carbocycles. The zero-order valence-electron chi connectivity index (χ0n) is 18.1. The average Bonchev–Trinajstić information content (AvgIpc) is 2.79. The second kappa shape index (κ2) is 8.52. The largest absolute Gasteiger partial charge is 0.469 e. The molecule has 6 aliphatic rings. The lowest BCUT2D eigenvalue weighted by Crippen LogP contribution is -2.64. The maximum atomic E-state index is 12.1. The summed E-state index contributed by atoms with van der Waals surface area (Å²) >= 11 is 0. The highest BCUT2D eigenvalue weighted by molar-refractivity contribution is 5.73. The number of esters is 2. The van der Waals surface area contributed by atoms with E-state index in [2.05, 4.69) is 0 Å². The lowest BCUT2D eigenvalue weighted by molar-refractivity contribution is -0.948. The van der Waals surface area contributed by atoms with Crippen LogP contribution in [0.3, 0.4) is 0 Å². The zero-order valence-corrected chi connectivity index (χ0v) is 18.1. The highest BCUT2D eigenvalue weighted by Crippen LogP contribution is 2.39. The fourth-order valence-corrected chi connectivity index (χ4v) is 6.66. The zero-order chi connectivity index (χ0) is 20.5. The number of nitrogens with zero attached hydrogens (tertiary/aromatic N) is 2. The smallest absolute Gasteiger partial charge is 0.314 e. The van der Waals surface area contributed by atoms with Gasteiger partial charge in [-0.1, -0.05) is 0 Å². The summed E-state index contributed by atoms with van der Waals surface area (Å²) in [5, 5.41) is 0. The molecule has 29 heavy (non-hydrogen) atoms. The Labute approximate surface area is 174 Å². The molecule has 0 radical (unpaired) electrons. The molecule has 6 rings (SSSR count). The minimum absolute atomic E-state index is 0.0257. The Morgan fingerprint density at radius 3 is 1.45 bits per heavy atom. The van der Waals surface area contributed by atoms with Crippen LogP contribution in [0.5, 0.6) is 0 Å². The minimum Gasteiger partial charge on any atom is -0.469 e. The first-order valence-corrected chi connectivity index (χ1v) is 11.4. The van der Waals surface area contributed by atoms with Gasteiger partial charge in [0, 0.05) is 25.7 Å². The second-order valence-corrected chi connectivity index (χ2v) is 9.94. The number of carbonyl (C=O) groups excluding carboxylic acids is 2. The summed E-state index contributed by atoms with van der Waals surface area (Å²) in [7, 11) is 3.02. The standard InChI is InChI=1S/C22H38N2O5/c1-27-21(25)19-15-23(7-3-17(19)4-8-23)11-13-29-14-12-24-9-5-18(6-10-24)20(16-24)22(26)28-2/h17-20H,3-16H2,1-2H3/q+2. The third-order valence-electron chi connectivity index (χ3n) is 8.63. The molecule has 4 bridgehead atoms. The molecule has 2 atom stereocenters. The first kappa shape index (κ1) is 21.1. The first-order valence-electron chi connectivity index (χ1n) is 11.4. The van der Waals surface area contributed by atoms with Crippen molar-refractivity contribution in [2.75, 3.05) is 79.8 Å². The topological polar surface area (TPSA) is 61.8 Å². The summed E-state index contributed by atoms with van der Waals surface area (Å²) in [4.78, 5) is 24.2. The predicted molar refractivity (Wildman–Crippen MR) is 107 cm³/mol. The van der Waals surface area contributed by atoms with Crippen molar-refractivity contribution in [3.63, 3.8) is 0 Å².